The minimum absolute atomic E-state index is 0.189. The Morgan fingerprint density at radius 1 is 1.50 bits per heavy atom. The van der Waals surface area contributed by atoms with E-state index in [-0.39, 0.29) is 11.8 Å². The van der Waals surface area contributed by atoms with Gasteiger partial charge in [-0.15, -0.1) is 11.3 Å². The molecule has 1 saturated carbocycles. The first kappa shape index (κ1) is 12.2. The highest BCUT2D eigenvalue weighted by Crippen LogP contribution is 2.47. The minimum atomic E-state index is -0.634. The van der Waals surface area contributed by atoms with E-state index in [1.807, 2.05) is 11.3 Å². The molecule has 1 aliphatic heterocycles. The molecule has 2 fully saturated rings. The molecule has 2 heterocycles. The lowest BCUT2D eigenvalue weighted by molar-refractivity contribution is -0.142. The Balaban J connectivity index is 1.79. The summed E-state index contributed by atoms with van der Waals surface area (Å²) in [5, 5.41) is 11.4. The van der Waals surface area contributed by atoms with Gasteiger partial charge in [0, 0.05) is 24.0 Å². The second kappa shape index (κ2) is 4.67. The van der Waals surface area contributed by atoms with Crippen molar-refractivity contribution in [3.05, 3.63) is 22.4 Å². The van der Waals surface area contributed by atoms with Crippen molar-refractivity contribution in [3.8, 4) is 0 Å². The zero-order valence-electron chi connectivity index (χ0n) is 10.6. The maximum absolute atomic E-state index is 11.2. The van der Waals surface area contributed by atoms with E-state index >= 15 is 0 Å². The number of thiophene rings is 1. The van der Waals surface area contributed by atoms with Gasteiger partial charge in [0.05, 0.1) is 5.92 Å². The van der Waals surface area contributed by atoms with Crippen LogP contribution in [0.3, 0.4) is 0 Å². The van der Waals surface area contributed by atoms with Crippen molar-refractivity contribution < 1.29 is 9.90 Å². The minimum Gasteiger partial charge on any atom is -0.481 e. The Kier molecular flexibility index (Phi) is 3.16. The van der Waals surface area contributed by atoms with Crippen LogP contribution in [0.1, 0.15) is 30.7 Å². The molecule has 0 amide bonds. The van der Waals surface area contributed by atoms with Crippen molar-refractivity contribution in [2.45, 2.75) is 25.8 Å². The Labute approximate surface area is 111 Å². The van der Waals surface area contributed by atoms with Gasteiger partial charge in [-0.2, -0.15) is 0 Å². The molecule has 4 heteroatoms. The molecule has 2 aliphatic rings. The standard InChI is InChI=1S/C14H19NO2S/c1-9-7-15(8-11(9)14(16)17)13(10-4-5-10)12-3-2-6-18-12/h2-3,6,9-11,13H,4-5,7-8H2,1H3,(H,16,17). The third-order valence-corrected chi connectivity index (χ3v) is 5.20. The molecule has 98 valence electrons. The number of hydrogen-bond acceptors (Lipinski definition) is 3. The summed E-state index contributed by atoms with van der Waals surface area (Å²) in [5.41, 5.74) is 0. The highest BCUT2D eigenvalue weighted by molar-refractivity contribution is 7.10. The van der Waals surface area contributed by atoms with Crippen LogP contribution in [0.15, 0.2) is 17.5 Å². The molecule has 1 aromatic heterocycles. The number of likely N-dealkylation sites (tertiary alicyclic amines) is 1. The Bertz CT molecular complexity index is 427. The largest absolute Gasteiger partial charge is 0.481 e. The summed E-state index contributed by atoms with van der Waals surface area (Å²) in [6.45, 7) is 3.71. The maximum atomic E-state index is 11.2. The fraction of sp³-hybridized carbons (Fsp3) is 0.643. The Hall–Kier alpha value is -0.870. The van der Waals surface area contributed by atoms with Crippen molar-refractivity contribution in [2.75, 3.05) is 13.1 Å². The zero-order chi connectivity index (χ0) is 12.7. The first-order valence-corrected chi connectivity index (χ1v) is 7.55. The lowest BCUT2D eigenvalue weighted by atomic mass is 9.99. The van der Waals surface area contributed by atoms with Crippen LogP contribution in [-0.2, 0) is 4.79 Å². The van der Waals surface area contributed by atoms with E-state index in [1.54, 1.807) is 0 Å². The van der Waals surface area contributed by atoms with E-state index in [0.29, 0.717) is 6.04 Å². The lowest BCUT2D eigenvalue weighted by Crippen LogP contribution is -2.28. The van der Waals surface area contributed by atoms with Gasteiger partial charge in [-0.3, -0.25) is 9.69 Å². The molecule has 3 unspecified atom stereocenters. The number of aliphatic carboxylic acids is 1. The quantitative estimate of drug-likeness (QED) is 0.910. The molecule has 3 rings (SSSR count). The van der Waals surface area contributed by atoms with Crippen LogP contribution in [0, 0.1) is 17.8 Å². The van der Waals surface area contributed by atoms with Gasteiger partial charge < -0.3 is 5.11 Å². The van der Waals surface area contributed by atoms with E-state index in [1.165, 1.54) is 17.7 Å². The van der Waals surface area contributed by atoms with Crippen LogP contribution in [0.5, 0.6) is 0 Å². The molecule has 0 bridgehead atoms. The molecule has 18 heavy (non-hydrogen) atoms. The van der Waals surface area contributed by atoms with Crippen molar-refractivity contribution in [3.63, 3.8) is 0 Å². The summed E-state index contributed by atoms with van der Waals surface area (Å²) in [7, 11) is 0. The summed E-state index contributed by atoms with van der Waals surface area (Å²) in [6, 6.07) is 4.77. The van der Waals surface area contributed by atoms with Crippen molar-refractivity contribution >= 4 is 17.3 Å². The van der Waals surface area contributed by atoms with Gasteiger partial charge in [0.25, 0.3) is 0 Å². The molecule has 1 aromatic rings. The number of carbonyl (C=O) groups is 1. The Morgan fingerprint density at radius 2 is 2.28 bits per heavy atom. The van der Waals surface area contributed by atoms with Crippen LogP contribution in [-0.4, -0.2) is 29.1 Å². The van der Waals surface area contributed by atoms with Crippen LogP contribution in [0.2, 0.25) is 0 Å². The predicted molar refractivity (Wildman–Crippen MR) is 71.6 cm³/mol. The summed E-state index contributed by atoms with van der Waals surface area (Å²) in [5.74, 6) is 0.198. The third kappa shape index (κ3) is 2.19. The molecule has 3 atom stereocenters. The van der Waals surface area contributed by atoms with Crippen molar-refractivity contribution in [2.24, 2.45) is 17.8 Å². The van der Waals surface area contributed by atoms with Crippen LogP contribution >= 0.6 is 11.3 Å². The summed E-state index contributed by atoms with van der Waals surface area (Å²) < 4.78 is 0. The van der Waals surface area contributed by atoms with Crippen LogP contribution < -0.4 is 0 Å². The van der Waals surface area contributed by atoms with E-state index in [4.69, 9.17) is 0 Å². The molecule has 0 spiro atoms. The van der Waals surface area contributed by atoms with Crippen molar-refractivity contribution in [1.29, 1.82) is 0 Å². The van der Waals surface area contributed by atoms with E-state index in [9.17, 15) is 9.90 Å². The summed E-state index contributed by atoms with van der Waals surface area (Å²) in [4.78, 5) is 15.1. The molecule has 1 saturated heterocycles. The monoisotopic (exact) mass is 265 g/mol. The summed E-state index contributed by atoms with van der Waals surface area (Å²) in [6.07, 6.45) is 2.59. The zero-order valence-corrected chi connectivity index (χ0v) is 11.4. The average Bonchev–Trinajstić information content (AvgIpc) is 2.86. The highest BCUT2D eigenvalue weighted by atomic mass is 32.1. The fourth-order valence-electron chi connectivity index (χ4n) is 3.13. The second-order valence-corrected chi connectivity index (χ2v) is 6.65. The van der Waals surface area contributed by atoms with Gasteiger partial charge in [-0.05, 0) is 36.1 Å². The normalized spacial score (nSPS) is 30.5. The molecule has 3 nitrogen and oxygen atoms in total. The smallest absolute Gasteiger partial charge is 0.308 e. The molecule has 0 aromatic carbocycles. The second-order valence-electron chi connectivity index (χ2n) is 5.67. The number of carboxylic acid groups (broad SMARTS) is 1. The number of hydrogen-bond donors (Lipinski definition) is 1. The SMILES string of the molecule is CC1CN(C(c2cccs2)C2CC2)CC1C(=O)O. The van der Waals surface area contributed by atoms with E-state index in [0.717, 1.165) is 19.0 Å². The first-order chi connectivity index (χ1) is 8.66. The number of rotatable bonds is 4. The number of nitrogens with zero attached hydrogens (tertiary/aromatic N) is 1. The lowest BCUT2D eigenvalue weighted by Gasteiger charge is -2.27. The topological polar surface area (TPSA) is 40.5 Å². The Morgan fingerprint density at radius 3 is 2.78 bits per heavy atom. The predicted octanol–water partition coefficient (Wildman–Crippen LogP) is 2.85. The van der Waals surface area contributed by atoms with Crippen molar-refractivity contribution in [1.82, 2.24) is 4.90 Å². The van der Waals surface area contributed by atoms with Crippen LogP contribution in [0.4, 0.5) is 0 Å². The third-order valence-electron chi connectivity index (χ3n) is 4.25. The van der Waals surface area contributed by atoms with Gasteiger partial charge in [0.15, 0.2) is 0 Å². The number of carboxylic acids is 1. The van der Waals surface area contributed by atoms with Gasteiger partial charge in [0.1, 0.15) is 0 Å². The van der Waals surface area contributed by atoms with Gasteiger partial charge in [-0.1, -0.05) is 13.0 Å². The average molecular weight is 265 g/mol. The molecule has 1 N–H and O–H groups in total. The van der Waals surface area contributed by atoms with Gasteiger partial charge >= 0.3 is 5.97 Å². The molecule has 1 aliphatic carbocycles. The van der Waals surface area contributed by atoms with Gasteiger partial charge in [0.2, 0.25) is 0 Å². The van der Waals surface area contributed by atoms with E-state index < -0.39 is 5.97 Å². The first-order valence-electron chi connectivity index (χ1n) is 6.67. The van der Waals surface area contributed by atoms with Gasteiger partial charge in [-0.25, -0.2) is 0 Å². The molecule has 0 radical (unpaired) electrons. The van der Waals surface area contributed by atoms with Crippen LogP contribution in [0.25, 0.3) is 0 Å². The van der Waals surface area contributed by atoms with E-state index in [2.05, 4.69) is 29.3 Å². The maximum Gasteiger partial charge on any atom is 0.308 e. The fourth-order valence-corrected chi connectivity index (χ4v) is 4.09. The molecular weight excluding hydrogens is 246 g/mol. The molecular formula is C14H19NO2S. The highest BCUT2D eigenvalue weighted by Gasteiger charge is 2.43. The summed E-state index contributed by atoms with van der Waals surface area (Å²) >= 11 is 1.81.